The van der Waals surface area contributed by atoms with Crippen molar-refractivity contribution in [2.45, 2.75) is 19.8 Å². The molecule has 4 nitrogen and oxygen atoms in total. The lowest BCUT2D eigenvalue weighted by atomic mass is 10.1. The number of benzene rings is 2. The highest BCUT2D eigenvalue weighted by Gasteiger charge is 2.11. The van der Waals surface area contributed by atoms with E-state index in [0.29, 0.717) is 0 Å². The molecule has 110 valence electrons. The van der Waals surface area contributed by atoms with Crippen LogP contribution in [0.5, 0.6) is 0 Å². The number of para-hydroxylation sites is 2. The van der Waals surface area contributed by atoms with E-state index in [0.717, 1.165) is 56.9 Å². The Morgan fingerprint density at radius 3 is 2.91 bits per heavy atom. The zero-order chi connectivity index (χ0) is 15.1. The Morgan fingerprint density at radius 2 is 2.05 bits per heavy atom. The molecule has 0 bridgehead atoms. The number of aromatic nitrogens is 3. The van der Waals surface area contributed by atoms with Gasteiger partial charge in [0.05, 0.1) is 16.7 Å². The van der Waals surface area contributed by atoms with Gasteiger partial charge in [0, 0.05) is 23.3 Å². The molecule has 0 atom stereocenters. The number of imidazole rings is 1. The molecule has 0 aliphatic carbocycles. The lowest BCUT2D eigenvalue weighted by Crippen LogP contribution is -1.94. The van der Waals surface area contributed by atoms with Crippen molar-refractivity contribution in [2.24, 2.45) is 0 Å². The van der Waals surface area contributed by atoms with Gasteiger partial charge in [0.25, 0.3) is 0 Å². The molecule has 0 fully saturated rings. The Kier molecular flexibility index (Phi) is 3.12. The summed E-state index contributed by atoms with van der Waals surface area (Å²) in [5.74, 6) is 0.954. The molecule has 22 heavy (non-hydrogen) atoms. The molecule has 0 saturated heterocycles. The van der Waals surface area contributed by atoms with Gasteiger partial charge in [0.2, 0.25) is 0 Å². The number of hydrogen-bond acceptors (Lipinski definition) is 3. The smallest absolute Gasteiger partial charge is 0.167 e. The fourth-order valence-corrected chi connectivity index (χ4v) is 2.81. The molecule has 0 spiro atoms. The van der Waals surface area contributed by atoms with Crippen molar-refractivity contribution in [3.63, 3.8) is 0 Å². The predicted octanol–water partition coefficient (Wildman–Crippen LogP) is 4.45. The van der Waals surface area contributed by atoms with Gasteiger partial charge in [-0.3, -0.25) is 0 Å². The number of hydrogen-bond donors (Lipinski definition) is 1. The maximum atomic E-state index is 6.20. The minimum atomic E-state index is 0.737. The molecule has 0 amide bonds. The van der Waals surface area contributed by atoms with E-state index in [2.05, 4.69) is 15.1 Å². The predicted molar refractivity (Wildman–Crippen MR) is 87.3 cm³/mol. The second kappa shape index (κ2) is 5.14. The summed E-state index contributed by atoms with van der Waals surface area (Å²) in [6.45, 7) is 1.96. The minimum Gasteiger partial charge on any atom is -0.356 e. The van der Waals surface area contributed by atoms with Crippen molar-refractivity contribution in [3.8, 4) is 0 Å². The first-order valence-electron chi connectivity index (χ1n) is 7.19. The monoisotopic (exact) mass is 311 g/mol. The Hall–Kier alpha value is -2.33. The molecule has 0 aliphatic rings. The molecule has 4 aromatic rings. The maximum Gasteiger partial charge on any atom is 0.167 e. The van der Waals surface area contributed by atoms with E-state index in [1.165, 1.54) is 0 Å². The van der Waals surface area contributed by atoms with Gasteiger partial charge in [-0.05, 0) is 36.8 Å². The summed E-state index contributed by atoms with van der Waals surface area (Å²) in [5, 5.41) is 5.89. The topological polar surface area (TPSA) is 54.7 Å². The van der Waals surface area contributed by atoms with Crippen LogP contribution < -0.4 is 0 Å². The number of rotatable bonds is 3. The summed E-state index contributed by atoms with van der Waals surface area (Å²) >= 11 is 6.20. The van der Waals surface area contributed by atoms with Gasteiger partial charge < -0.3 is 9.51 Å². The molecule has 2 aromatic heterocycles. The molecule has 0 aliphatic heterocycles. The second-order valence-corrected chi connectivity index (χ2v) is 5.83. The van der Waals surface area contributed by atoms with Crippen LogP contribution in [0.15, 0.2) is 40.9 Å². The fourth-order valence-electron chi connectivity index (χ4n) is 2.65. The van der Waals surface area contributed by atoms with Gasteiger partial charge in [0.15, 0.2) is 5.58 Å². The van der Waals surface area contributed by atoms with Crippen LogP contribution in [-0.2, 0) is 12.8 Å². The number of fused-ring (bicyclic) bond motifs is 2. The maximum absolute atomic E-state index is 6.20. The van der Waals surface area contributed by atoms with Gasteiger partial charge in [0.1, 0.15) is 5.82 Å². The summed E-state index contributed by atoms with van der Waals surface area (Å²) in [6.07, 6.45) is 1.54. The third kappa shape index (κ3) is 2.25. The Bertz CT molecular complexity index is 938. The van der Waals surface area contributed by atoms with Crippen LogP contribution >= 0.6 is 11.6 Å². The zero-order valence-corrected chi connectivity index (χ0v) is 12.8. The quantitative estimate of drug-likeness (QED) is 0.608. The number of halogens is 1. The van der Waals surface area contributed by atoms with Crippen molar-refractivity contribution in [1.29, 1.82) is 0 Å². The molecule has 4 rings (SSSR count). The molecular formula is C17H14ClN3O. The van der Waals surface area contributed by atoms with Crippen LogP contribution in [0.2, 0.25) is 5.02 Å². The van der Waals surface area contributed by atoms with Gasteiger partial charge in [-0.15, -0.1) is 0 Å². The number of H-pyrrole nitrogens is 1. The van der Waals surface area contributed by atoms with Crippen LogP contribution in [0.4, 0.5) is 0 Å². The van der Waals surface area contributed by atoms with Crippen molar-refractivity contribution in [1.82, 2.24) is 15.1 Å². The Balaban J connectivity index is 1.62. The van der Waals surface area contributed by atoms with Crippen molar-refractivity contribution < 1.29 is 4.52 Å². The minimum absolute atomic E-state index is 0.737. The Labute approximate surface area is 132 Å². The highest BCUT2D eigenvalue weighted by molar-refractivity contribution is 6.32. The molecular weight excluding hydrogens is 298 g/mol. The summed E-state index contributed by atoms with van der Waals surface area (Å²) < 4.78 is 5.39. The van der Waals surface area contributed by atoms with E-state index >= 15 is 0 Å². The Morgan fingerprint density at radius 1 is 1.18 bits per heavy atom. The van der Waals surface area contributed by atoms with Crippen LogP contribution in [-0.4, -0.2) is 15.1 Å². The van der Waals surface area contributed by atoms with E-state index in [4.69, 9.17) is 16.1 Å². The van der Waals surface area contributed by atoms with Crippen LogP contribution in [0.25, 0.3) is 22.0 Å². The number of aryl methyl sites for hydroxylation is 3. The average Bonchev–Trinajstić information content (AvgIpc) is 3.09. The van der Waals surface area contributed by atoms with Gasteiger partial charge in [-0.25, -0.2) is 4.98 Å². The lowest BCUT2D eigenvalue weighted by Gasteiger charge is -1.98. The van der Waals surface area contributed by atoms with Crippen LogP contribution in [0.3, 0.4) is 0 Å². The molecule has 2 heterocycles. The number of nitrogens with zero attached hydrogens (tertiary/aromatic N) is 2. The number of nitrogens with one attached hydrogen (secondary N) is 1. The van der Waals surface area contributed by atoms with Crippen molar-refractivity contribution in [3.05, 3.63) is 58.5 Å². The number of aromatic amines is 1. The standard InChI is InChI=1S/C17H14ClN3O/c1-10-8-16-11(9-12(10)18)13(21-22-16)6-7-17-19-14-4-2-3-5-15(14)20-17/h2-5,8-9H,6-7H2,1H3,(H,19,20). The van der Waals surface area contributed by atoms with Gasteiger partial charge in [-0.2, -0.15) is 0 Å². The van der Waals surface area contributed by atoms with Crippen molar-refractivity contribution in [2.75, 3.05) is 0 Å². The summed E-state index contributed by atoms with van der Waals surface area (Å²) in [5.41, 5.74) is 4.73. The van der Waals surface area contributed by atoms with E-state index in [-0.39, 0.29) is 0 Å². The SMILES string of the molecule is Cc1cc2onc(CCc3nc4ccccc4[nH]3)c2cc1Cl. The van der Waals surface area contributed by atoms with Crippen molar-refractivity contribution >= 4 is 33.6 Å². The molecule has 0 unspecified atom stereocenters. The molecule has 2 aromatic carbocycles. The van der Waals surface area contributed by atoms with E-state index in [1.54, 1.807) is 0 Å². The zero-order valence-electron chi connectivity index (χ0n) is 12.1. The lowest BCUT2D eigenvalue weighted by molar-refractivity contribution is 0.445. The van der Waals surface area contributed by atoms with Gasteiger partial charge in [-0.1, -0.05) is 28.9 Å². The van der Waals surface area contributed by atoms with E-state index in [1.807, 2.05) is 43.3 Å². The first-order chi connectivity index (χ1) is 10.7. The van der Waals surface area contributed by atoms with E-state index < -0.39 is 0 Å². The fraction of sp³-hybridized carbons (Fsp3) is 0.176. The third-order valence-corrected chi connectivity index (χ3v) is 4.27. The molecule has 5 heteroatoms. The van der Waals surface area contributed by atoms with Gasteiger partial charge >= 0.3 is 0 Å². The summed E-state index contributed by atoms with van der Waals surface area (Å²) in [4.78, 5) is 7.91. The highest BCUT2D eigenvalue weighted by atomic mass is 35.5. The van der Waals surface area contributed by atoms with Crippen LogP contribution in [0.1, 0.15) is 17.1 Å². The second-order valence-electron chi connectivity index (χ2n) is 5.43. The molecule has 0 radical (unpaired) electrons. The van der Waals surface area contributed by atoms with Crippen LogP contribution in [0, 0.1) is 6.92 Å². The average molecular weight is 312 g/mol. The first-order valence-corrected chi connectivity index (χ1v) is 7.56. The summed E-state index contributed by atoms with van der Waals surface area (Å²) in [6, 6.07) is 11.9. The first kappa shape index (κ1) is 13.3. The van der Waals surface area contributed by atoms with E-state index in [9.17, 15) is 0 Å². The normalized spacial score (nSPS) is 11.5. The third-order valence-electron chi connectivity index (χ3n) is 3.86. The molecule has 0 saturated carbocycles. The largest absolute Gasteiger partial charge is 0.356 e. The highest BCUT2D eigenvalue weighted by Crippen LogP contribution is 2.26. The molecule has 1 N–H and O–H groups in total. The summed E-state index contributed by atoms with van der Waals surface area (Å²) in [7, 11) is 0.